The zero-order chi connectivity index (χ0) is 12.8. The van der Waals surface area contributed by atoms with E-state index in [9.17, 15) is 17.6 Å². The van der Waals surface area contributed by atoms with Crippen molar-refractivity contribution < 1.29 is 17.6 Å². The maximum Gasteiger partial charge on any atom is 0.406 e. The molecule has 17 heavy (non-hydrogen) atoms. The maximum absolute atomic E-state index is 13.1. The van der Waals surface area contributed by atoms with Crippen molar-refractivity contribution in [1.82, 2.24) is 9.55 Å². The summed E-state index contributed by atoms with van der Waals surface area (Å²) in [6.45, 7) is -1.29. The summed E-state index contributed by atoms with van der Waals surface area (Å²) in [4.78, 5) is 3.64. The normalized spacial score (nSPS) is 12.3. The van der Waals surface area contributed by atoms with E-state index in [1.165, 1.54) is 0 Å². The topological polar surface area (TPSA) is 43.8 Å². The molecule has 0 fully saturated rings. The van der Waals surface area contributed by atoms with Gasteiger partial charge < -0.3 is 10.3 Å². The Kier molecular flexibility index (Phi) is 2.65. The van der Waals surface area contributed by atoms with Gasteiger partial charge in [0.2, 0.25) is 5.95 Å². The molecule has 0 radical (unpaired) electrons. The number of rotatable bonds is 1. The molecule has 0 saturated heterocycles. The minimum atomic E-state index is -4.44. The minimum Gasteiger partial charge on any atom is -0.369 e. The van der Waals surface area contributed by atoms with E-state index in [4.69, 9.17) is 17.3 Å². The number of benzene rings is 1. The monoisotopic (exact) mass is 267 g/mol. The Labute approximate surface area is 97.8 Å². The van der Waals surface area contributed by atoms with Gasteiger partial charge in [-0.25, -0.2) is 9.37 Å². The van der Waals surface area contributed by atoms with Crippen molar-refractivity contribution in [1.29, 1.82) is 0 Å². The molecule has 0 bridgehead atoms. The second-order valence-electron chi connectivity index (χ2n) is 3.43. The average molecular weight is 268 g/mol. The van der Waals surface area contributed by atoms with Crippen LogP contribution in [0.1, 0.15) is 0 Å². The molecular formula is C9H6ClF4N3. The fourth-order valence-corrected chi connectivity index (χ4v) is 1.64. The van der Waals surface area contributed by atoms with Crippen molar-refractivity contribution in [2.75, 3.05) is 5.73 Å². The molecule has 0 amide bonds. The van der Waals surface area contributed by atoms with Gasteiger partial charge in [0, 0.05) is 6.07 Å². The number of fused-ring (bicyclic) bond motifs is 1. The van der Waals surface area contributed by atoms with E-state index >= 15 is 0 Å². The van der Waals surface area contributed by atoms with E-state index in [1.54, 1.807) is 0 Å². The van der Waals surface area contributed by atoms with Crippen LogP contribution in [0, 0.1) is 5.82 Å². The number of halogens is 5. The van der Waals surface area contributed by atoms with Crippen LogP contribution < -0.4 is 5.73 Å². The van der Waals surface area contributed by atoms with E-state index in [-0.39, 0.29) is 22.0 Å². The second-order valence-corrected chi connectivity index (χ2v) is 3.83. The van der Waals surface area contributed by atoms with Gasteiger partial charge in [0.05, 0.1) is 16.1 Å². The third-order valence-electron chi connectivity index (χ3n) is 2.16. The smallest absolute Gasteiger partial charge is 0.369 e. The first-order valence-corrected chi connectivity index (χ1v) is 4.83. The number of hydrogen-bond donors (Lipinski definition) is 1. The molecule has 0 saturated carbocycles. The number of hydrogen-bond acceptors (Lipinski definition) is 2. The molecule has 1 aromatic carbocycles. The molecule has 0 spiro atoms. The number of alkyl halides is 3. The van der Waals surface area contributed by atoms with Gasteiger partial charge in [0.25, 0.3) is 0 Å². The molecule has 8 heteroatoms. The summed E-state index contributed by atoms with van der Waals surface area (Å²) >= 11 is 5.50. The highest BCUT2D eigenvalue weighted by Crippen LogP contribution is 2.27. The first-order chi connectivity index (χ1) is 7.78. The van der Waals surface area contributed by atoms with Crippen LogP contribution in [-0.2, 0) is 6.54 Å². The molecular weight excluding hydrogens is 262 g/mol. The van der Waals surface area contributed by atoms with Crippen molar-refractivity contribution in [2.45, 2.75) is 12.7 Å². The number of nitrogens with zero attached hydrogens (tertiary/aromatic N) is 2. The largest absolute Gasteiger partial charge is 0.406 e. The lowest BCUT2D eigenvalue weighted by Gasteiger charge is -2.09. The molecule has 1 aromatic heterocycles. The summed E-state index contributed by atoms with van der Waals surface area (Å²) in [6.07, 6.45) is -4.44. The lowest BCUT2D eigenvalue weighted by atomic mass is 10.3. The summed E-state index contributed by atoms with van der Waals surface area (Å²) in [5.41, 5.74) is 5.43. The van der Waals surface area contributed by atoms with Gasteiger partial charge in [-0.3, -0.25) is 0 Å². The standard InChI is InChI=1S/C9H6ClF4N3/c10-4-1-7-6(2-5(4)11)16-8(15)17(7)3-9(12,13)14/h1-2H,3H2,(H2,15,16). The average Bonchev–Trinajstić information content (AvgIpc) is 2.43. The molecule has 2 rings (SSSR count). The Morgan fingerprint density at radius 3 is 2.59 bits per heavy atom. The number of aromatic nitrogens is 2. The third kappa shape index (κ3) is 2.28. The molecule has 0 aliphatic carbocycles. The van der Waals surface area contributed by atoms with Crippen LogP contribution in [0.3, 0.4) is 0 Å². The maximum atomic E-state index is 13.1. The van der Waals surface area contributed by atoms with Crippen LogP contribution in [0.5, 0.6) is 0 Å². The van der Waals surface area contributed by atoms with E-state index in [0.717, 1.165) is 16.7 Å². The number of anilines is 1. The van der Waals surface area contributed by atoms with E-state index in [1.807, 2.05) is 0 Å². The van der Waals surface area contributed by atoms with Gasteiger partial charge in [0.15, 0.2) is 0 Å². The summed E-state index contributed by atoms with van der Waals surface area (Å²) in [6, 6.07) is 2.02. The van der Waals surface area contributed by atoms with E-state index < -0.39 is 18.5 Å². The van der Waals surface area contributed by atoms with Crippen LogP contribution in [0.2, 0.25) is 5.02 Å². The molecule has 0 aliphatic heterocycles. The molecule has 3 nitrogen and oxygen atoms in total. The Hall–Kier alpha value is -1.50. The quantitative estimate of drug-likeness (QED) is 0.807. The predicted molar refractivity (Wildman–Crippen MR) is 55.2 cm³/mol. The fourth-order valence-electron chi connectivity index (χ4n) is 1.48. The number of imidazole rings is 1. The van der Waals surface area contributed by atoms with Gasteiger partial charge in [-0.2, -0.15) is 13.2 Å². The first-order valence-electron chi connectivity index (χ1n) is 4.45. The van der Waals surface area contributed by atoms with Gasteiger partial charge in [0.1, 0.15) is 12.4 Å². The Bertz CT molecular complexity index is 576. The van der Waals surface area contributed by atoms with E-state index in [0.29, 0.717) is 0 Å². The molecule has 1 heterocycles. The van der Waals surface area contributed by atoms with Crippen LogP contribution >= 0.6 is 11.6 Å². The zero-order valence-corrected chi connectivity index (χ0v) is 8.98. The van der Waals surface area contributed by atoms with Gasteiger partial charge >= 0.3 is 6.18 Å². The van der Waals surface area contributed by atoms with Crippen molar-refractivity contribution in [3.63, 3.8) is 0 Å². The van der Waals surface area contributed by atoms with Crippen LogP contribution in [0.4, 0.5) is 23.5 Å². The molecule has 0 unspecified atom stereocenters. The molecule has 92 valence electrons. The summed E-state index contributed by atoms with van der Waals surface area (Å²) in [5.74, 6) is -1.09. The fraction of sp³-hybridized carbons (Fsp3) is 0.222. The number of nitrogens with two attached hydrogens (primary N) is 1. The molecule has 0 aliphatic rings. The molecule has 2 N–H and O–H groups in total. The lowest BCUT2D eigenvalue weighted by molar-refractivity contribution is -0.139. The van der Waals surface area contributed by atoms with Crippen LogP contribution in [0.25, 0.3) is 11.0 Å². The molecule has 0 atom stereocenters. The minimum absolute atomic E-state index is 0.0358. The van der Waals surface area contributed by atoms with Crippen molar-refractivity contribution in [2.24, 2.45) is 0 Å². The first kappa shape index (κ1) is 12.0. The van der Waals surface area contributed by atoms with E-state index in [2.05, 4.69) is 4.98 Å². The van der Waals surface area contributed by atoms with Gasteiger partial charge in [-0.05, 0) is 6.07 Å². The highest BCUT2D eigenvalue weighted by molar-refractivity contribution is 6.31. The third-order valence-corrected chi connectivity index (χ3v) is 2.45. The Morgan fingerprint density at radius 1 is 1.35 bits per heavy atom. The van der Waals surface area contributed by atoms with Crippen LogP contribution in [-0.4, -0.2) is 15.7 Å². The van der Waals surface area contributed by atoms with Crippen molar-refractivity contribution in [3.8, 4) is 0 Å². The SMILES string of the molecule is Nc1nc2cc(F)c(Cl)cc2n1CC(F)(F)F. The van der Waals surface area contributed by atoms with Gasteiger partial charge in [-0.15, -0.1) is 0 Å². The Morgan fingerprint density at radius 2 is 2.00 bits per heavy atom. The van der Waals surface area contributed by atoms with Crippen molar-refractivity contribution >= 4 is 28.6 Å². The second kappa shape index (κ2) is 3.76. The highest BCUT2D eigenvalue weighted by atomic mass is 35.5. The van der Waals surface area contributed by atoms with Crippen molar-refractivity contribution in [3.05, 3.63) is 23.0 Å². The Balaban J connectivity index is 2.63. The summed E-state index contributed by atoms with van der Waals surface area (Å²) in [5, 5.41) is -0.277. The summed E-state index contributed by atoms with van der Waals surface area (Å²) in [7, 11) is 0. The van der Waals surface area contributed by atoms with Crippen LogP contribution in [0.15, 0.2) is 12.1 Å². The predicted octanol–water partition coefficient (Wildman–Crippen LogP) is 2.97. The number of nitrogen functional groups attached to an aromatic ring is 1. The highest BCUT2D eigenvalue weighted by Gasteiger charge is 2.30. The lowest BCUT2D eigenvalue weighted by Crippen LogP contribution is -2.19. The summed E-state index contributed by atoms with van der Waals surface area (Å²) < 4.78 is 50.7. The van der Waals surface area contributed by atoms with Gasteiger partial charge in [-0.1, -0.05) is 11.6 Å². The molecule has 2 aromatic rings. The zero-order valence-electron chi connectivity index (χ0n) is 8.22.